The number of phenols is 1. The van der Waals surface area contributed by atoms with Crippen molar-refractivity contribution in [2.24, 2.45) is 5.10 Å². The molecule has 2 rings (SSSR count). The van der Waals surface area contributed by atoms with Crippen LogP contribution in [0.1, 0.15) is 24.5 Å². The highest BCUT2D eigenvalue weighted by atomic mass is 79.9. The standard InChI is InChI=1S/C18H19BrN2O3/c1-3-16(13-4-7-15(22)8-5-13)20-21-18(23)11-24-17-9-6-14(19)10-12(17)2/h4-10,22H,3,11H2,1-2H3,(H,21,23). The summed E-state index contributed by atoms with van der Waals surface area (Å²) < 4.78 is 6.47. The molecule has 2 N–H and O–H groups in total. The molecule has 0 aromatic heterocycles. The van der Waals surface area contributed by atoms with Gasteiger partial charge in [-0.3, -0.25) is 4.79 Å². The van der Waals surface area contributed by atoms with E-state index in [1.54, 1.807) is 24.3 Å². The molecule has 0 bridgehead atoms. The number of aromatic hydroxyl groups is 1. The van der Waals surface area contributed by atoms with E-state index in [0.29, 0.717) is 12.2 Å². The molecule has 5 nitrogen and oxygen atoms in total. The highest BCUT2D eigenvalue weighted by Crippen LogP contribution is 2.21. The van der Waals surface area contributed by atoms with Gasteiger partial charge < -0.3 is 9.84 Å². The van der Waals surface area contributed by atoms with E-state index in [9.17, 15) is 9.90 Å². The van der Waals surface area contributed by atoms with Crippen LogP contribution in [0.25, 0.3) is 0 Å². The van der Waals surface area contributed by atoms with E-state index in [0.717, 1.165) is 21.3 Å². The number of nitrogens with zero attached hydrogens (tertiary/aromatic N) is 1. The summed E-state index contributed by atoms with van der Waals surface area (Å²) in [6, 6.07) is 12.3. The molecule has 126 valence electrons. The molecule has 0 radical (unpaired) electrons. The molecule has 24 heavy (non-hydrogen) atoms. The summed E-state index contributed by atoms with van der Waals surface area (Å²) in [5.74, 6) is 0.519. The second-order valence-corrected chi connectivity index (χ2v) is 6.11. The average molecular weight is 391 g/mol. The number of amides is 1. The lowest BCUT2D eigenvalue weighted by molar-refractivity contribution is -0.123. The number of carbonyl (C=O) groups is 1. The summed E-state index contributed by atoms with van der Waals surface area (Å²) >= 11 is 3.38. The molecule has 2 aromatic carbocycles. The lowest BCUT2D eigenvalue weighted by atomic mass is 10.1. The minimum Gasteiger partial charge on any atom is -0.508 e. The third-order valence-electron chi connectivity index (χ3n) is 3.35. The number of ether oxygens (including phenoxy) is 1. The Morgan fingerprint density at radius 3 is 2.58 bits per heavy atom. The van der Waals surface area contributed by atoms with Crippen molar-refractivity contribution in [3.05, 3.63) is 58.1 Å². The Hall–Kier alpha value is -2.34. The van der Waals surface area contributed by atoms with Crippen LogP contribution in [-0.4, -0.2) is 23.3 Å². The van der Waals surface area contributed by atoms with Crippen LogP contribution in [-0.2, 0) is 4.79 Å². The topological polar surface area (TPSA) is 70.9 Å². The van der Waals surface area contributed by atoms with Gasteiger partial charge in [-0.05, 0) is 66.9 Å². The van der Waals surface area contributed by atoms with E-state index in [-0.39, 0.29) is 18.3 Å². The zero-order valence-corrected chi connectivity index (χ0v) is 15.1. The van der Waals surface area contributed by atoms with Crippen LogP contribution in [0.2, 0.25) is 0 Å². The van der Waals surface area contributed by atoms with Gasteiger partial charge in [-0.1, -0.05) is 22.9 Å². The van der Waals surface area contributed by atoms with Crippen molar-refractivity contribution in [1.29, 1.82) is 0 Å². The van der Waals surface area contributed by atoms with Gasteiger partial charge in [0, 0.05) is 4.47 Å². The number of hydrogen-bond acceptors (Lipinski definition) is 4. The minimum absolute atomic E-state index is 0.113. The first-order valence-corrected chi connectivity index (χ1v) is 8.32. The Morgan fingerprint density at radius 2 is 1.96 bits per heavy atom. The van der Waals surface area contributed by atoms with Gasteiger partial charge in [0.1, 0.15) is 11.5 Å². The summed E-state index contributed by atoms with van der Waals surface area (Å²) in [4.78, 5) is 11.9. The van der Waals surface area contributed by atoms with Crippen LogP contribution in [0, 0.1) is 6.92 Å². The van der Waals surface area contributed by atoms with Crippen LogP contribution in [0.4, 0.5) is 0 Å². The first kappa shape index (κ1) is 18.0. The fourth-order valence-electron chi connectivity index (χ4n) is 2.08. The molecule has 0 aliphatic carbocycles. The van der Waals surface area contributed by atoms with Gasteiger partial charge in [-0.15, -0.1) is 0 Å². The molecular weight excluding hydrogens is 372 g/mol. The van der Waals surface area contributed by atoms with Crippen molar-refractivity contribution in [3.8, 4) is 11.5 Å². The Labute approximate surface area is 149 Å². The maximum atomic E-state index is 11.9. The molecule has 0 atom stereocenters. The molecular formula is C18H19BrN2O3. The Balaban J connectivity index is 1.94. The Morgan fingerprint density at radius 1 is 1.25 bits per heavy atom. The van der Waals surface area contributed by atoms with E-state index >= 15 is 0 Å². The molecule has 0 unspecified atom stereocenters. The van der Waals surface area contributed by atoms with E-state index in [1.807, 2.05) is 32.0 Å². The summed E-state index contributed by atoms with van der Waals surface area (Å²) in [5.41, 5.74) is 5.02. The highest BCUT2D eigenvalue weighted by Gasteiger charge is 2.06. The Bertz CT molecular complexity index is 742. The smallest absolute Gasteiger partial charge is 0.277 e. The van der Waals surface area contributed by atoms with Crippen LogP contribution in [0.3, 0.4) is 0 Å². The van der Waals surface area contributed by atoms with E-state index in [2.05, 4.69) is 26.5 Å². The number of rotatable bonds is 6. The van der Waals surface area contributed by atoms with Gasteiger partial charge in [0.05, 0.1) is 5.71 Å². The lowest BCUT2D eigenvalue weighted by Crippen LogP contribution is -2.26. The molecule has 0 aliphatic heterocycles. The third kappa shape index (κ3) is 5.09. The number of hydrogen-bond donors (Lipinski definition) is 2. The fraction of sp³-hybridized carbons (Fsp3) is 0.222. The van der Waals surface area contributed by atoms with E-state index < -0.39 is 0 Å². The predicted octanol–water partition coefficient (Wildman–Crippen LogP) is 3.77. The van der Waals surface area contributed by atoms with Crippen molar-refractivity contribution in [3.63, 3.8) is 0 Å². The molecule has 0 aliphatic rings. The largest absolute Gasteiger partial charge is 0.508 e. The van der Waals surface area contributed by atoms with Gasteiger partial charge >= 0.3 is 0 Å². The maximum absolute atomic E-state index is 11.9. The lowest BCUT2D eigenvalue weighted by Gasteiger charge is -2.09. The molecule has 2 aromatic rings. The molecule has 0 saturated carbocycles. The molecule has 0 heterocycles. The van der Waals surface area contributed by atoms with Crippen molar-refractivity contribution >= 4 is 27.5 Å². The number of nitrogens with one attached hydrogen (secondary N) is 1. The first-order valence-electron chi connectivity index (χ1n) is 7.53. The second kappa shape index (κ2) is 8.49. The van der Waals surface area contributed by atoms with E-state index in [4.69, 9.17) is 4.74 Å². The van der Waals surface area contributed by atoms with Crippen LogP contribution in [0.5, 0.6) is 11.5 Å². The van der Waals surface area contributed by atoms with Crippen LogP contribution < -0.4 is 10.2 Å². The molecule has 0 spiro atoms. The second-order valence-electron chi connectivity index (χ2n) is 5.19. The molecule has 0 fully saturated rings. The fourth-order valence-corrected chi connectivity index (χ4v) is 2.56. The van der Waals surface area contributed by atoms with Gasteiger partial charge in [0.2, 0.25) is 0 Å². The third-order valence-corrected chi connectivity index (χ3v) is 3.84. The monoisotopic (exact) mass is 390 g/mol. The summed E-state index contributed by atoms with van der Waals surface area (Å²) in [5, 5.41) is 13.5. The number of carbonyl (C=O) groups excluding carboxylic acids is 1. The molecule has 6 heteroatoms. The van der Waals surface area contributed by atoms with Gasteiger partial charge in [0.25, 0.3) is 5.91 Å². The molecule has 0 saturated heterocycles. The summed E-state index contributed by atoms with van der Waals surface area (Å²) in [7, 11) is 0. The SMILES string of the molecule is CCC(=NNC(=O)COc1ccc(Br)cc1C)c1ccc(O)cc1. The zero-order valence-electron chi connectivity index (χ0n) is 13.5. The minimum atomic E-state index is -0.331. The normalized spacial score (nSPS) is 11.2. The van der Waals surface area contributed by atoms with Crippen molar-refractivity contribution in [1.82, 2.24) is 5.43 Å². The molecule has 1 amide bonds. The van der Waals surface area contributed by atoms with Crippen molar-refractivity contribution in [2.45, 2.75) is 20.3 Å². The van der Waals surface area contributed by atoms with Crippen LogP contribution in [0.15, 0.2) is 52.0 Å². The number of hydrazone groups is 1. The Kier molecular flexibility index (Phi) is 6.37. The maximum Gasteiger partial charge on any atom is 0.277 e. The number of halogens is 1. The van der Waals surface area contributed by atoms with E-state index in [1.165, 1.54) is 0 Å². The summed E-state index contributed by atoms with van der Waals surface area (Å²) in [6.07, 6.45) is 0.651. The number of benzene rings is 2. The highest BCUT2D eigenvalue weighted by molar-refractivity contribution is 9.10. The number of aryl methyl sites for hydroxylation is 1. The zero-order chi connectivity index (χ0) is 17.5. The summed E-state index contributed by atoms with van der Waals surface area (Å²) in [6.45, 7) is 3.74. The number of phenolic OH excluding ortho intramolecular Hbond substituents is 1. The van der Waals surface area contributed by atoms with Gasteiger partial charge in [0.15, 0.2) is 6.61 Å². The average Bonchev–Trinajstić information content (AvgIpc) is 2.56. The van der Waals surface area contributed by atoms with Crippen molar-refractivity contribution < 1.29 is 14.6 Å². The predicted molar refractivity (Wildman–Crippen MR) is 97.5 cm³/mol. The first-order chi connectivity index (χ1) is 11.5. The van der Waals surface area contributed by atoms with Gasteiger partial charge in [-0.25, -0.2) is 5.43 Å². The van der Waals surface area contributed by atoms with Crippen molar-refractivity contribution in [2.75, 3.05) is 6.61 Å². The van der Waals surface area contributed by atoms with Crippen LogP contribution >= 0.6 is 15.9 Å². The quantitative estimate of drug-likeness (QED) is 0.582. The van der Waals surface area contributed by atoms with Gasteiger partial charge in [-0.2, -0.15) is 5.10 Å².